The normalized spacial score (nSPS) is 12.1. The van der Waals surface area contributed by atoms with Crippen molar-refractivity contribution in [2.24, 2.45) is 0 Å². The molecule has 0 aliphatic rings. The molecule has 3 nitrogen and oxygen atoms in total. The molecule has 0 saturated heterocycles. The third kappa shape index (κ3) is 2.81. The molecule has 6 heteroatoms. The van der Waals surface area contributed by atoms with Crippen LogP contribution in [0.25, 0.3) is 0 Å². The van der Waals surface area contributed by atoms with Crippen molar-refractivity contribution < 1.29 is 8.42 Å². The molecular formula is C9H11Br2NO2S. The van der Waals surface area contributed by atoms with E-state index >= 15 is 0 Å². The van der Waals surface area contributed by atoms with E-state index in [1.165, 1.54) is 4.31 Å². The van der Waals surface area contributed by atoms with Gasteiger partial charge in [0.1, 0.15) is 0 Å². The lowest BCUT2D eigenvalue weighted by molar-refractivity contribution is 0.486. The predicted octanol–water partition coefficient (Wildman–Crippen LogP) is 2.85. The van der Waals surface area contributed by atoms with Crippen LogP contribution in [0.5, 0.6) is 0 Å². The Morgan fingerprint density at radius 3 is 2.47 bits per heavy atom. The lowest BCUT2D eigenvalue weighted by Gasteiger charge is -2.16. The molecule has 0 aliphatic heterocycles. The second-order valence-corrected chi connectivity index (χ2v) is 6.78. The monoisotopic (exact) mass is 355 g/mol. The number of nitrogens with zero attached hydrogens (tertiary/aromatic N) is 1. The Kier molecular flexibility index (Phi) is 4.34. The van der Waals surface area contributed by atoms with Crippen LogP contribution in [0.1, 0.15) is 6.92 Å². The Hall–Kier alpha value is 0.0900. The molecule has 0 aromatic heterocycles. The summed E-state index contributed by atoms with van der Waals surface area (Å²) in [7, 11) is -1.83. The Morgan fingerprint density at radius 2 is 1.93 bits per heavy atom. The highest BCUT2D eigenvalue weighted by atomic mass is 79.9. The molecule has 0 radical (unpaired) electrons. The van der Waals surface area contributed by atoms with Crippen molar-refractivity contribution >= 4 is 41.9 Å². The number of rotatable bonds is 3. The Bertz CT molecular complexity index is 459. The van der Waals surface area contributed by atoms with Crippen molar-refractivity contribution in [2.75, 3.05) is 13.6 Å². The zero-order valence-electron chi connectivity index (χ0n) is 8.37. The van der Waals surface area contributed by atoms with Gasteiger partial charge in [0, 0.05) is 22.5 Å². The van der Waals surface area contributed by atoms with Crippen LogP contribution >= 0.6 is 31.9 Å². The van der Waals surface area contributed by atoms with E-state index < -0.39 is 10.0 Å². The molecule has 84 valence electrons. The number of hydrogen-bond donors (Lipinski definition) is 0. The zero-order chi connectivity index (χ0) is 11.6. The first-order valence-electron chi connectivity index (χ1n) is 4.31. The van der Waals surface area contributed by atoms with E-state index in [9.17, 15) is 8.42 Å². The van der Waals surface area contributed by atoms with E-state index in [1.807, 2.05) is 0 Å². The van der Waals surface area contributed by atoms with Crippen molar-refractivity contribution in [3.8, 4) is 0 Å². The highest BCUT2D eigenvalue weighted by Crippen LogP contribution is 2.27. The molecule has 1 aromatic carbocycles. The van der Waals surface area contributed by atoms with Gasteiger partial charge in [-0.3, -0.25) is 0 Å². The van der Waals surface area contributed by atoms with Gasteiger partial charge in [-0.25, -0.2) is 12.7 Å². The summed E-state index contributed by atoms with van der Waals surface area (Å²) in [6, 6.07) is 5.08. The van der Waals surface area contributed by atoms with Crippen LogP contribution in [0.2, 0.25) is 0 Å². The summed E-state index contributed by atoms with van der Waals surface area (Å²) >= 11 is 6.49. The maximum atomic E-state index is 12.0. The van der Waals surface area contributed by atoms with Gasteiger partial charge in [-0.2, -0.15) is 0 Å². The van der Waals surface area contributed by atoms with Crippen LogP contribution in [0.3, 0.4) is 0 Å². The molecule has 0 unspecified atom stereocenters. The predicted molar refractivity (Wildman–Crippen MR) is 67.3 cm³/mol. The molecule has 15 heavy (non-hydrogen) atoms. The molecule has 0 bridgehead atoms. The van der Waals surface area contributed by atoms with Gasteiger partial charge in [-0.15, -0.1) is 0 Å². The van der Waals surface area contributed by atoms with Gasteiger partial charge < -0.3 is 0 Å². The van der Waals surface area contributed by atoms with Gasteiger partial charge in [-0.05, 0) is 34.1 Å². The number of halogens is 2. The van der Waals surface area contributed by atoms with E-state index in [0.717, 1.165) is 4.47 Å². The third-order valence-electron chi connectivity index (χ3n) is 2.03. The molecule has 0 heterocycles. The SMILES string of the molecule is CCN(C)S(=O)(=O)c1cc(Br)ccc1Br. The molecule has 1 aromatic rings. The minimum atomic E-state index is -3.39. The number of sulfonamides is 1. The van der Waals surface area contributed by atoms with Gasteiger partial charge in [0.2, 0.25) is 10.0 Å². The van der Waals surface area contributed by atoms with Crippen molar-refractivity contribution in [3.63, 3.8) is 0 Å². The Morgan fingerprint density at radius 1 is 1.33 bits per heavy atom. The molecular weight excluding hydrogens is 346 g/mol. The number of hydrogen-bond acceptors (Lipinski definition) is 2. The summed E-state index contributed by atoms with van der Waals surface area (Å²) < 4.78 is 26.6. The smallest absolute Gasteiger partial charge is 0.207 e. The summed E-state index contributed by atoms with van der Waals surface area (Å²) in [6.07, 6.45) is 0. The van der Waals surface area contributed by atoms with E-state index in [-0.39, 0.29) is 4.90 Å². The van der Waals surface area contributed by atoms with Crippen LogP contribution in [-0.2, 0) is 10.0 Å². The van der Waals surface area contributed by atoms with Crippen LogP contribution in [-0.4, -0.2) is 26.3 Å². The van der Waals surface area contributed by atoms with Gasteiger partial charge in [0.25, 0.3) is 0 Å². The summed E-state index contributed by atoms with van der Waals surface area (Å²) in [5.41, 5.74) is 0. The highest BCUT2D eigenvalue weighted by molar-refractivity contribution is 9.11. The van der Waals surface area contributed by atoms with E-state index in [2.05, 4.69) is 31.9 Å². The lowest BCUT2D eigenvalue weighted by Crippen LogP contribution is -2.26. The minimum absolute atomic E-state index is 0.279. The van der Waals surface area contributed by atoms with Gasteiger partial charge in [0.05, 0.1) is 4.90 Å². The first-order valence-corrected chi connectivity index (χ1v) is 7.33. The topological polar surface area (TPSA) is 37.4 Å². The Balaban J connectivity index is 3.33. The molecule has 0 aliphatic carbocycles. The summed E-state index contributed by atoms with van der Waals surface area (Å²) in [5.74, 6) is 0. The average molecular weight is 357 g/mol. The quantitative estimate of drug-likeness (QED) is 0.835. The highest BCUT2D eigenvalue weighted by Gasteiger charge is 2.22. The van der Waals surface area contributed by atoms with Gasteiger partial charge in [-0.1, -0.05) is 22.9 Å². The molecule has 1 rings (SSSR count). The molecule has 0 atom stereocenters. The third-order valence-corrected chi connectivity index (χ3v) is 5.45. The fourth-order valence-electron chi connectivity index (χ4n) is 1.01. The van der Waals surface area contributed by atoms with Crippen LogP contribution in [0, 0.1) is 0 Å². The standard InChI is InChI=1S/C9H11Br2NO2S/c1-3-12(2)15(13,14)9-6-7(10)4-5-8(9)11/h4-6H,3H2,1-2H3. The second-order valence-electron chi connectivity index (χ2n) is 2.99. The number of benzene rings is 1. The van der Waals surface area contributed by atoms with Crippen LogP contribution in [0.15, 0.2) is 32.0 Å². The van der Waals surface area contributed by atoms with Gasteiger partial charge in [0.15, 0.2) is 0 Å². The largest absolute Gasteiger partial charge is 0.243 e. The van der Waals surface area contributed by atoms with E-state index in [1.54, 1.807) is 32.2 Å². The van der Waals surface area contributed by atoms with E-state index in [0.29, 0.717) is 11.0 Å². The fourth-order valence-corrected chi connectivity index (χ4v) is 3.65. The molecule has 0 saturated carbocycles. The van der Waals surface area contributed by atoms with Crippen molar-refractivity contribution in [1.29, 1.82) is 0 Å². The maximum absolute atomic E-state index is 12.0. The Labute approximate surface area is 107 Å². The average Bonchev–Trinajstić information content (AvgIpc) is 2.20. The second kappa shape index (κ2) is 4.95. The first-order chi connectivity index (χ1) is 6.89. The summed E-state index contributed by atoms with van der Waals surface area (Å²) in [5, 5.41) is 0. The van der Waals surface area contributed by atoms with Crippen LogP contribution < -0.4 is 0 Å². The minimum Gasteiger partial charge on any atom is -0.207 e. The first kappa shape index (κ1) is 13.2. The lowest BCUT2D eigenvalue weighted by atomic mass is 10.4. The fraction of sp³-hybridized carbons (Fsp3) is 0.333. The summed E-state index contributed by atoms with van der Waals surface area (Å²) in [6.45, 7) is 2.24. The summed E-state index contributed by atoms with van der Waals surface area (Å²) in [4.78, 5) is 0.279. The van der Waals surface area contributed by atoms with Crippen molar-refractivity contribution in [1.82, 2.24) is 4.31 Å². The molecule has 0 amide bonds. The molecule has 0 N–H and O–H groups in total. The van der Waals surface area contributed by atoms with Gasteiger partial charge >= 0.3 is 0 Å². The van der Waals surface area contributed by atoms with Crippen molar-refractivity contribution in [2.45, 2.75) is 11.8 Å². The zero-order valence-corrected chi connectivity index (χ0v) is 12.4. The molecule has 0 fully saturated rings. The molecule has 0 spiro atoms. The van der Waals surface area contributed by atoms with Crippen LogP contribution in [0.4, 0.5) is 0 Å². The van der Waals surface area contributed by atoms with Crippen molar-refractivity contribution in [3.05, 3.63) is 27.1 Å². The van der Waals surface area contributed by atoms with E-state index in [4.69, 9.17) is 0 Å². The maximum Gasteiger partial charge on any atom is 0.243 e.